The molecule has 3 rings (SSSR count). The molecule has 0 unspecified atom stereocenters. The van der Waals surface area contributed by atoms with Gasteiger partial charge in [0.1, 0.15) is 11.4 Å². The van der Waals surface area contributed by atoms with Crippen molar-refractivity contribution in [2.75, 3.05) is 11.9 Å². The number of anilines is 1. The second kappa shape index (κ2) is 7.94. The van der Waals surface area contributed by atoms with Gasteiger partial charge in [0.15, 0.2) is 5.82 Å². The average molecular weight is 400 g/mol. The third-order valence-electron chi connectivity index (χ3n) is 4.17. The van der Waals surface area contributed by atoms with Gasteiger partial charge in [-0.3, -0.25) is 14.7 Å². The molecule has 29 heavy (non-hydrogen) atoms. The van der Waals surface area contributed by atoms with E-state index in [9.17, 15) is 14.4 Å². The number of benzene rings is 1. The molecule has 1 aliphatic heterocycles. The summed E-state index contributed by atoms with van der Waals surface area (Å²) in [6.07, 6.45) is 0.176. The second-order valence-electron chi connectivity index (χ2n) is 7.76. The van der Waals surface area contributed by atoms with Gasteiger partial charge >= 0.3 is 12.1 Å². The molecule has 0 radical (unpaired) electrons. The molecule has 0 spiro atoms. The largest absolute Gasteiger partial charge is 0.444 e. The molecule has 0 fully saturated rings. The Hall–Kier alpha value is -3.36. The van der Waals surface area contributed by atoms with E-state index < -0.39 is 23.6 Å². The van der Waals surface area contributed by atoms with Gasteiger partial charge in [-0.1, -0.05) is 6.07 Å². The molecule has 1 aromatic carbocycles. The summed E-state index contributed by atoms with van der Waals surface area (Å²) in [4.78, 5) is 37.7. The Balaban J connectivity index is 1.73. The summed E-state index contributed by atoms with van der Waals surface area (Å²) in [7, 11) is 0. The molecule has 9 nitrogen and oxygen atoms in total. The highest BCUT2D eigenvalue weighted by Gasteiger charge is 2.29. The van der Waals surface area contributed by atoms with E-state index in [-0.39, 0.29) is 12.3 Å². The van der Waals surface area contributed by atoms with Crippen molar-refractivity contribution >= 4 is 23.8 Å². The van der Waals surface area contributed by atoms with Crippen molar-refractivity contribution in [1.82, 2.24) is 15.1 Å². The lowest BCUT2D eigenvalue weighted by Crippen LogP contribution is -2.40. The minimum atomic E-state index is -0.586. The molecule has 2 amide bonds. The zero-order chi connectivity index (χ0) is 21.2. The minimum absolute atomic E-state index is 0.282. The normalized spacial score (nSPS) is 13.4. The van der Waals surface area contributed by atoms with Gasteiger partial charge in [-0.2, -0.15) is 5.10 Å². The highest BCUT2D eigenvalue weighted by atomic mass is 16.6. The molecule has 1 aliphatic rings. The van der Waals surface area contributed by atoms with Gasteiger partial charge < -0.3 is 19.7 Å². The van der Waals surface area contributed by atoms with Crippen LogP contribution >= 0.6 is 0 Å². The first-order valence-electron chi connectivity index (χ1n) is 9.26. The van der Waals surface area contributed by atoms with Gasteiger partial charge in [0.2, 0.25) is 0 Å². The number of hydrogen-bond donors (Lipinski definition) is 2. The molecule has 0 saturated carbocycles. The van der Waals surface area contributed by atoms with E-state index in [0.29, 0.717) is 24.3 Å². The van der Waals surface area contributed by atoms with Gasteiger partial charge in [0.05, 0.1) is 6.54 Å². The molecule has 9 heteroatoms. The molecule has 0 saturated heterocycles. The number of amides is 2. The van der Waals surface area contributed by atoms with Crippen molar-refractivity contribution in [2.45, 2.75) is 46.3 Å². The van der Waals surface area contributed by atoms with E-state index in [1.165, 1.54) is 13.0 Å². The average Bonchev–Trinajstić information content (AvgIpc) is 3.02. The number of aromatic nitrogens is 2. The maximum Gasteiger partial charge on any atom is 0.410 e. The van der Waals surface area contributed by atoms with Crippen LogP contribution in [0.1, 0.15) is 49.3 Å². The monoisotopic (exact) mass is 400 g/mol. The van der Waals surface area contributed by atoms with Crippen LogP contribution in [0, 0.1) is 0 Å². The first-order chi connectivity index (χ1) is 13.6. The molecule has 2 N–H and O–H groups in total. The molecule has 1 aromatic heterocycles. The van der Waals surface area contributed by atoms with E-state index in [1.54, 1.807) is 23.1 Å². The topological polar surface area (TPSA) is 114 Å². The van der Waals surface area contributed by atoms with Crippen LogP contribution < -0.4 is 10.1 Å². The molecule has 2 aromatic rings. The summed E-state index contributed by atoms with van der Waals surface area (Å²) in [5.41, 5.74) is 1.35. The predicted molar refractivity (Wildman–Crippen MR) is 105 cm³/mol. The number of H-pyrrole nitrogens is 1. The van der Waals surface area contributed by atoms with Gasteiger partial charge in [-0.05, 0) is 39.0 Å². The number of rotatable bonds is 3. The molecule has 0 aliphatic carbocycles. The molecule has 0 atom stereocenters. The number of fused-ring (bicyclic) bond motifs is 1. The number of nitrogens with one attached hydrogen (secondary N) is 2. The Morgan fingerprint density at radius 1 is 1.24 bits per heavy atom. The summed E-state index contributed by atoms with van der Waals surface area (Å²) < 4.78 is 10.4. The highest BCUT2D eigenvalue weighted by molar-refractivity contribution is 6.04. The van der Waals surface area contributed by atoms with Crippen LogP contribution in [-0.2, 0) is 22.5 Å². The molecular formula is C20H24N4O5. The highest BCUT2D eigenvalue weighted by Crippen LogP contribution is 2.26. The van der Waals surface area contributed by atoms with Crippen molar-refractivity contribution in [1.29, 1.82) is 0 Å². The minimum Gasteiger partial charge on any atom is -0.444 e. The summed E-state index contributed by atoms with van der Waals surface area (Å²) in [5, 5.41) is 9.85. The second-order valence-corrected chi connectivity index (χ2v) is 7.76. The van der Waals surface area contributed by atoms with E-state index in [4.69, 9.17) is 9.47 Å². The lowest BCUT2D eigenvalue weighted by molar-refractivity contribution is -0.131. The fourth-order valence-electron chi connectivity index (χ4n) is 2.93. The van der Waals surface area contributed by atoms with Crippen LogP contribution in [0.3, 0.4) is 0 Å². The van der Waals surface area contributed by atoms with Crippen LogP contribution in [0.4, 0.5) is 10.6 Å². The summed E-state index contributed by atoms with van der Waals surface area (Å²) in [6, 6.07) is 6.29. The third kappa shape index (κ3) is 5.13. The predicted octanol–water partition coefficient (Wildman–Crippen LogP) is 2.88. The summed E-state index contributed by atoms with van der Waals surface area (Å²) in [6.45, 7) is 7.51. The van der Waals surface area contributed by atoms with Crippen LogP contribution in [0.2, 0.25) is 0 Å². The quantitative estimate of drug-likeness (QED) is 0.605. The molecule has 154 valence electrons. The Morgan fingerprint density at radius 3 is 2.69 bits per heavy atom. The van der Waals surface area contributed by atoms with Crippen molar-refractivity contribution in [2.24, 2.45) is 0 Å². The van der Waals surface area contributed by atoms with Gasteiger partial charge in [0, 0.05) is 36.7 Å². The summed E-state index contributed by atoms with van der Waals surface area (Å²) in [5.74, 6) is -0.227. The van der Waals surface area contributed by atoms with Crippen molar-refractivity contribution in [3.63, 3.8) is 0 Å². The van der Waals surface area contributed by atoms with Crippen LogP contribution in [0.25, 0.3) is 0 Å². The number of carbonyl (C=O) groups is 3. The maximum absolute atomic E-state index is 12.6. The fraction of sp³-hybridized carbons (Fsp3) is 0.400. The first-order valence-corrected chi connectivity index (χ1v) is 9.26. The lowest BCUT2D eigenvalue weighted by atomic mass is 10.1. The first kappa shape index (κ1) is 20.4. The van der Waals surface area contributed by atoms with E-state index in [1.807, 2.05) is 20.8 Å². The van der Waals surface area contributed by atoms with E-state index in [0.717, 1.165) is 11.3 Å². The molecule has 2 heterocycles. The number of nitrogens with zero attached hydrogens (tertiary/aromatic N) is 2. The van der Waals surface area contributed by atoms with Crippen LogP contribution in [0.5, 0.6) is 5.75 Å². The fourth-order valence-corrected chi connectivity index (χ4v) is 2.93. The van der Waals surface area contributed by atoms with E-state index in [2.05, 4.69) is 15.5 Å². The van der Waals surface area contributed by atoms with Gasteiger partial charge in [-0.25, -0.2) is 4.79 Å². The number of aromatic amines is 1. The van der Waals surface area contributed by atoms with Crippen molar-refractivity contribution < 1.29 is 23.9 Å². The lowest BCUT2D eigenvalue weighted by Gasteiger charge is -2.30. The Kier molecular flexibility index (Phi) is 5.58. The number of ether oxygens (including phenoxy) is 2. The SMILES string of the molecule is CC(=O)Oc1cccc(C(=O)Nc2n[nH]c3c2CN(C(=O)OC(C)(C)C)CC3)c1. The third-order valence-corrected chi connectivity index (χ3v) is 4.17. The zero-order valence-electron chi connectivity index (χ0n) is 16.9. The Labute approximate surface area is 168 Å². The Bertz CT molecular complexity index is 945. The maximum atomic E-state index is 12.6. The van der Waals surface area contributed by atoms with Crippen LogP contribution in [0.15, 0.2) is 24.3 Å². The van der Waals surface area contributed by atoms with Crippen LogP contribution in [-0.4, -0.2) is 45.2 Å². The molecule has 0 bridgehead atoms. The smallest absolute Gasteiger partial charge is 0.410 e. The van der Waals surface area contributed by atoms with E-state index >= 15 is 0 Å². The number of carbonyl (C=O) groups excluding carboxylic acids is 3. The zero-order valence-corrected chi connectivity index (χ0v) is 16.9. The standard InChI is InChI=1S/C20H24N4O5/c1-12(25)28-14-7-5-6-13(10-14)18(26)21-17-15-11-24(9-8-16(15)22-23-17)19(27)29-20(2,3)4/h5-7,10H,8-9,11H2,1-4H3,(H2,21,22,23,26). The van der Waals surface area contributed by atoms with Gasteiger partial charge in [0.25, 0.3) is 5.91 Å². The Morgan fingerprint density at radius 2 is 2.00 bits per heavy atom. The summed E-state index contributed by atoms with van der Waals surface area (Å²) >= 11 is 0. The number of hydrogen-bond acceptors (Lipinski definition) is 6. The van der Waals surface area contributed by atoms with Gasteiger partial charge in [-0.15, -0.1) is 0 Å². The van der Waals surface area contributed by atoms with Crippen molar-refractivity contribution in [3.05, 3.63) is 41.1 Å². The number of esters is 1. The molecular weight excluding hydrogens is 376 g/mol. The van der Waals surface area contributed by atoms with Crippen molar-refractivity contribution in [3.8, 4) is 5.75 Å².